The molecule has 0 aromatic heterocycles. The third kappa shape index (κ3) is 4.25. The Morgan fingerprint density at radius 3 is 2.74 bits per heavy atom. The molecule has 0 saturated heterocycles. The first kappa shape index (κ1) is 15.0. The van der Waals surface area contributed by atoms with Gasteiger partial charge in [0.15, 0.2) is 5.75 Å². The maximum Gasteiger partial charge on any atom is 0.313 e. The van der Waals surface area contributed by atoms with Gasteiger partial charge in [-0.1, -0.05) is 12.1 Å². The zero-order valence-corrected chi connectivity index (χ0v) is 11.5. The van der Waals surface area contributed by atoms with E-state index in [4.69, 9.17) is 10.00 Å². The molecule has 5 heteroatoms. The molecule has 0 aliphatic rings. The molecular formula is C14H18N2O3. The minimum atomic E-state index is -0.427. The number of para-hydroxylation sites is 1. The van der Waals surface area contributed by atoms with Crippen LogP contribution in [0.25, 0.3) is 0 Å². The van der Waals surface area contributed by atoms with Crippen molar-refractivity contribution in [3.8, 4) is 11.8 Å². The second-order valence-corrected chi connectivity index (χ2v) is 5.13. The van der Waals surface area contributed by atoms with Crippen molar-refractivity contribution in [2.75, 3.05) is 6.61 Å². The molecule has 0 bridgehead atoms. The van der Waals surface area contributed by atoms with E-state index in [0.29, 0.717) is 30.8 Å². The normalized spacial score (nSPS) is 10.8. The summed E-state index contributed by atoms with van der Waals surface area (Å²) in [4.78, 5) is 10.5. The molecule has 5 nitrogen and oxygen atoms in total. The van der Waals surface area contributed by atoms with Gasteiger partial charge >= 0.3 is 5.69 Å². The molecule has 1 aromatic carbocycles. The second-order valence-electron chi connectivity index (χ2n) is 5.13. The summed E-state index contributed by atoms with van der Waals surface area (Å²) in [5, 5.41) is 19.8. The van der Waals surface area contributed by atoms with Crippen LogP contribution in [0.4, 0.5) is 5.69 Å². The number of rotatable bonds is 6. The van der Waals surface area contributed by atoms with Crippen LogP contribution in [-0.4, -0.2) is 11.5 Å². The van der Waals surface area contributed by atoms with E-state index in [1.807, 2.05) is 13.8 Å². The van der Waals surface area contributed by atoms with Crippen LogP contribution in [0.2, 0.25) is 0 Å². The molecule has 0 fully saturated rings. The zero-order chi connectivity index (χ0) is 14.5. The van der Waals surface area contributed by atoms with Crippen molar-refractivity contribution in [1.82, 2.24) is 0 Å². The van der Waals surface area contributed by atoms with Crippen LogP contribution >= 0.6 is 0 Å². The Morgan fingerprint density at radius 1 is 1.47 bits per heavy atom. The zero-order valence-electron chi connectivity index (χ0n) is 11.5. The molecule has 0 amide bonds. The Balaban J connectivity index is 2.62. The average Bonchev–Trinajstić information content (AvgIpc) is 2.34. The third-order valence-electron chi connectivity index (χ3n) is 2.89. The molecule has 1 aromatic rings. The molecule has 0 unspecified atom stereocenters. The summed E-state index contributed by atoms with van der Waals surface area (Å²) in [6.45, 7) is 5.78. The number of aryl methyl sites for hydroxylation is 1. The predicted molar refractivity (Wildman–Crippen MR) is 72.0 cm³/mol. The van der Waals surface area contributed by atoms with Gasteiger partial charge in [0.2, 0.25) is 0 Å². The summed E-state index contributed by atoms with van der Waals surface area (Å²) < 4.78 is 5.47. The van der Waals surface area contributed by atoms with Gasteiger partial charge in [0.1, 0.15) is 0 Å². The maximum atomic E-state index is 11.0. The van der Waals surface area contributed by atoms with E-state index in [-0.39, 0.29) is 11.1 Å². The monoisotopic (exact) mass is 262 g/mol. The first-order valence-corrected chi connectivity index (χ1v) is 6.15. The Kier molecular flexibility index (Phi) is 4.87. The lowest BCUT2D eigenvalue weighted by atomic mass is 9.90. The van der Waals surface area contributed by atoms with Crippen LogP contribution in [0.5, 0.6) is 5.75 Å². The lowest BCUT2D eigenvalue weighted by Gasteiger charge is -2.14. The molecule has 0 N–H and O–H groups in total. The highest BCUT2D eigenvalue weighted by Gasteiger charge is 2.19. The van der Waals surface area contributed by atoms with E-state index in [9.17, 15) is 10.1 Å². The summed E-state index contributed by atoms with van der Waals surface area (Å²) in [5.41, 5.74) is 0.212. The third-order valence-corrected chi connectivity index (χ3v) is 2.89. The lowest BCUT2D eigenvalue weighted by molar-refractivity contribution is -0.386. The van der Waals surface area contributed by atoms with Gasteiger partial charge < -0.3 is 4.74 Å². The summed E-state index contributed by atoms with van der Waals surface area (Å²) >= 11 is 0. The van der Waals surface area contributed by atoms with Crippen molar-refractivity contribution in [2.24, 2.45) is 5.41 Å². The van der Waals surface area contributed by atoms with Crippen LogP contribution in [0, 0.1) is 33.8 Å². The fourth-order valence-corrected chi connectivity index (χ4v) is 1.73. The van der Waals surface area contributed by atoms with Gasteiger partial charge in [-0.25, -0.2) is 0 Å². The number of benzene rings is 1. The maximum absolute atomic E-state index is 11.0. The van der Waals surface area contributed by atoms with Gasteiger partial charge in [-0.05, 0) is 39.7 Å². The SMILES string of the molecule is Cc1cccc(OCCCC(C)(C)C#N)c1[N+](=O)[O-]. The van der Waals surface area contributed by atoms with Gasteiger partial charge in [0.05, 0.1) is 23.0 Å². The number of nitro benzene ring substituents is 1. The van der Waals surface area contributed by atoms with Crippen LogP contribution in [0.15, 0.2) is 18.2 Å². The highest BCUT2D eigenvalue weighted by Crippen LogP contribution is 2.30. The van der Waals surface area contributed by atoms with Crippen LogP contribution in [-0.2, 0) is 0 Å². The number of nitriles is 1. The van der Waals surface area contributed by atoms with Crippen LogP contribution in [0.3, 0.4) is 0 Å². The molecule has 0 aliphatic carbocycles. The molecule has 19 heavy (non-hydrogen) atoms. The van der Waals surface area contributed by atoms with E-state index in [0.717, 1.165) is 0 Å². The van der Waals surface area contributed by atoms with Crippen molar-refractivity contribution in [2.45, 2.75) is 33.6 Å². The van der Waals surface area contributed by atoms with Gasteiger partial charge in [0, 0.05) is 5.56 Å². The van der Waals surface area contributed by atoms with E-state index >= 15 is 0 Å². The molecule has 0 spiro atoms. The van der Waals surface area contributed by atoms with Gasteiger partial charge in [0.25, 0.3) is 0 Å². The Hall–Kier alpha value is -2.09. The van der Waals surface area contributed by atoms with E-state index < -0.39 is 4.92 Å². The van der Waals surface area contributed by atoms with Crippen molar-refractivity contribution in [1.29, 1.82) is 5.26 Å². The Morgan fingerprint density at radius 2 is 2.16 bits per heavy atom. The fraction of sp³-hybridized carbons (Fsp3) is 0.500. The summed E-state index contributed by atoms with van der Waals surface area (Å²) in [6.07, 6.45) is 1.38. The summed E-state index contributed by atoms with van der Waals surface area (Å²) in [6, 6.07) is 7.23. The minimum absolute atomic E-state index is 0.0158. The largest absolute Gasteiger partial charge is 0.487 e. The molecule has 0 atom stereocenters. The van der Waals surface area contributed by atoms with E-state index in [1.54, 1.807) is 25.1 Å². The first-order chi connectivity index (χ1) is 8.87. The summed E-state index contributed by atoms with van der Waals surface area (Å²) in [7, 11) is 0. The topological polar surface area (TPSA) is 76.2 Å². The number of ether oxygens (including phenoxy) is 1. The van der Waals surface area contributed by atoms with E-state index in [2.05, 4.69) is 6.07 Å². The average molecular weight is 262 g/mol. The highest BCUT2D eigenvalue weighted by atomic mass is 16.6. The molecule has 0 aliphatic heterocycles. The van der Waals surface area contributed by atoms with E-state index in [1.165, 1.54) is 0 Å². The van der Waals surface area contributed by atoms with Gasteiger partial charge in [-0.15, -0.1) is 0 Å². The second kappa shape index (κ2) is 6.19. The molecule has 0 radical (unpaired) electrons. The first-order valence-electron chi connectivity index (χ1n) is 6.15. The standard InChI is InChI=1S/C14H18N2O3/c1-11-6-4-7-12(13(11)16(17)18)19-9-5-8-14(2,3)10-15/h4,6-7H,5,8-9H2,1-3H3. The minimum Gasteiger partial charge on any atom is -0.487 e. The van der Waals surface area contributed by atoms with Gasteiger partial charge in [-0.3, -0.25) is 10.1 Å². The van der Waals surface area contributed by atoms with Crippen molar-refractivity contribution in [3.63, 3.8) is 0 Å². The number of hydrogen-bond donors (Lipinski definition) is 0. The molecule has 102 valence electrons. The Labute approximate surface area is 113 Å². The molecule has 0 heterocycles. The number of nitro groups is 1. The van der Waals surface area contributed by atoms with Crippen molar-refractivity contribution >= 4 is 5.69 Å². The van der Waals surface area contributed by atoms with Crippen LogP contribution < -0.4 is 4.74 Å². The fourth-order valence-electron chi connectivity index (χ4n) is 1.73. The highest BCUT2D eigenvalue weighted by molar-refractivity contribution is 5.51. The molecule has 1 rings (SSSR count). The number of nitrogens with zero attached hydrogens (tertiary/aromatic N) is 2. The Bertz CT molecular complexity index is 504. The van der Waals surface area contributed by atoms with Gasteiger partial charge in [-0.2, -0.15) is 5.26 Å². The number of hydrogen-bond acceptors (Lipinski definition) is 4. The van der Waals surface area contributed by atoms with Crippen molar-refractivity contribution < 1.29 is 9.66 Å². The summed E-state index contributed by atoms with van der Waals surface area (Å²) in [5.74, 6) is 0.291. The smallest absolute Gasteiger partial charge is 0.313 e. The lowest BCUT2D eigenvalue weighted by Crippen LogP contribution is -2.10. The predicted octanol–water partition coefficient (Wildman–Crippen LogP) is 3.61. The molecular weight excluding hydrogens is 244 g/mol. The van der Waals surface area contributed by atoms with Crippen LogP contribution in [0.1, 0.15) is 32.3 Å². The molecule has 0 saturated carbocycles. The van der Waals surface area contributed by atoms with Crippen molar-refractivity contribution in [3.05, 3.63) is 33.9 Å². The quantitative estimate of drug-likeness (QED) is 0.445.